The van der Waals surface area contributed by atoms with Gasteiger partial charge in [-0.2, -0.15) is 0 Å². The van der Waals surface area contributed by atoms with Crippen molar-refractivity contribution in [3.05, 3.63) is 59.8 Å². The molecule has 7 heteroatoms. The zero-order valence-corrected chi connectivity index (χ0v) is 20.5. The molecule has 184 valence electrons. The molecule has 0 bridgehead atoms. The SMILES string of the molecule is COc1cc(OC)cc(C(=O)N2CCC(C(=O)N3CCC(c4cc5ccccc5[nH]4)CC3)CC2)c1. The van der Waals surface area contributed by atoms with Gasteiger partial charge in [-0.1, -0.05) is 18.2 Å². The van der Waals surface area contributed by atoms with Crippen molar-refractivity contribution in [2.75, 3.05) is 40.4 Å². The minimum Gasteiger partial charge on any atom is -0.497 e. The van der Waals surface area contributed by atoms with Crippen molar-refractivity contribution >= 4 is 22.7 Å². The monoisotopic (exact) mass is 475 g/mol. The molecule has 0 unspecified atom stereocenters. The van der Waals surface area contributed by atoms with E-state index in [1.165, 1.54) is 16.6 Å². The number of nitrogens with zero attached hydrogens (tertiary/aromatic N) is 2. The molecule has 2 amide bonds. The number of carbonyl (C=O) groups excluding carboxylic acids is 2. The molecule has 3 heterocycles. The van der Waals surface area contributed by atoms with Crippen LogP contribution in [0, 0.1) is 5.92 Å². The number of likely N-dealkylation sites (tertiary alicyclic amines) is 2. The van der Waals surface area contributed by atoms with Crippen LogP contribution < -0.4 is 9.47 Å². The van der Waals surface area contributed by atoms with Crippen molar-refractivity contribution in [1.82, 2.24) is 14.8 Å². The van der Waals surface area contributed by atoms with E-state index in [1.54, 1.807) is 32.4 Å². The lowest BCUT2D eigenvalue weighted by atomic mass is 9.90. The fraction of sp³-hybridized carbons (Fsp3) is 0.429. The van der Waals surface area contributed by atoms with E-state index in [-0.39, 0.29) is 17.7 Å². The van der Waals surface area contributed by atoms with Gasteiger partial charge in [-0.05, 0) is 55.3 Å². The molecular formula is C28H33N3O4. The van der Waals surface area contributed by atoms with E-state index in [2.05, 4.69) is 35.3 Å². The fourth-order valence-corrected chi connectivity index (χ4v) is 5.43. The Morgan fingerprint density at radius 3 is 2.09 bits per heavy atom. The Hall–Kier alpha value is -3.48. The molecule has 7 nitrogen and oxygen atoms in total. The second-order valence-electron chi connectivity index (χ2n) is 9.58. The lowest BCUT2D eigenvalue weighted by molar-refractivity contribution is -0.138. The summed E-state index contributed by atoms with van der Waals surface area (Å²) in [5.41, 5.74) is 3.00. The first kappa shape index (κ1) is 23.3. The first-order valence-electron chi connectivity index (χ1n) is 12.4. The lowest BCUT2D eigenvalue weighted by Crippen LogP contribution is -2.46. The number of carbonyl (C=O) groups is 2. The second-order valence-corrected chi connectivity index (χ2v) is 9.58. The number of fused-ring (bicyclic) bond motifs is 1. The predicted octanol–water partition coefficient (Wildman–Crippen LogP) is 4.44. The molecule has 3 aromatic rings. The number of amides is 2. The van der Waals surface area contributed by atoms with E-state index < -0.39 is 0 Å². The van der Waals surface area contributed by atoms with Crippen LogP contribution in [-0.2, 0) is 4.79 Å². The van der Waals surface area contributed by atoms with Gasteiger partial charge in [0, 0.05) is 60.9 Å². The summed E-state index contributed by atoms with van der Waals surface area (Å²) in [5.74, 6) is 1.83. The summed E-state index contributed by atoms with van der Waals surface area (Å²) in [4.78, 5) is 33.7. The van der Waals surface area contributed by atoms with Crippen LogP contribution in [0.25, 0.3) is 10.9 Å². The number of aromatic amines is 1. The molecule has 2 fully saturated rings. The van der Waals surface area contributed by atoms with Crippen molar-refractivity contribution in [2.24, 2.45) is 5.92 Å². The van der Waals surface area contributed by atoms with Crippen molar-refractivity contribution in [1.29, 1.82) is 0 Å². The average molecular weight is 476 g/mol. The number of piperidine rings is 2. The number of aromatic nitrogens is 1. The third-order valence-electron chi connectivity index (χ3n) is 7.53. The molecule has 2 saturated heterocycles. The highest BCUT2D eigenvalue weighted by Gasteiger charge is 2.33. The van der Waals surface area contributed by atoms with Gasteiger partial charge in [0.2, 0.25) is 5.91 Å². The number of hydrogen-bond donors (Lipinski definition) is 1. The summed E-state index contributed by atoms with van der Waals surface area (Å²) < 4.78 is 10.6. The number of methoxy groups -OCH3 is 2. The van der Waals surface area contributed by atoms with Crippen molar-refractivity contribution < 1.29 is 19.1 Å². The number of rotatable bonds is 5. The zero-order valence-electron chi connectivity index (χ0n) is 20.5. The van der Waals surface area contributed by atoms with Gasteiger partial charge in [0.25, 0.3) is 5.91 Å². The summed E-state index contributed by atoms with van der Waals surface area (Å²) in [6, 6.07) is 15.8. The van der Waals surface area contributed by atoms with Gasteiger partial charge < -0.3 is 24.3 Å². The van der Waals surface area contributed by atoms with Crippen LogP contribution in [-0.4, -0.2) is 67.0 Å². The standard InChI is InChI=1S/C28H33N3O4/c1-34-23-15-22(16-24(18-23)35-2)28(33)31-13-9-20(10-14-31)27(32)30-11-7-19(8-12-30)26-17-21-5-3-4-6-25(21)29-26/h3-6,15-20,29H,7-14H2,1-2H3. The molecule has 0 atom stereocenters. The predicted molar refractivity (Wildman–Crippen MR) is 135 cm³/mol. The Kier molecular flexibility index (Phi) is 6.66. The minimum absolute atomic E-state index is 0.0106. The summed E-state index contributed by atoms with van der Waals surface area (Å²) in [7, 11) is 3.15. The third kappa shape index (κ3) is 4.85. The molecule has 2 aliphatic rings. The lowest BCUT2D eigenvalue weighted by Gasteiger charge is -2.37. The smallest absolute Gasteiger partial charge is 0.254 e. The summed E-state index contributed by atoms with van der Waals surface area (Å²) >= 11 is 0. The van der Waals surface area contributed by atoms with Crippen LogP contribution in [0.5, 0.6) is 11.5 Å². The topological polar surface area (TPSA) is 74.9 Å². The third-order valence-corrected chi connectivity index (χ3v) is 7.53. The average Bonchev–Trinajstić information content (AvgIpc) is 3.36. The summed E-state index contributed by atoms with van der Waals surface area (Å²) in [6.07, 6.45) is 3.36. The van der Waals surface area contributed by atoms with E-state index in [4.69, 9.17) is 9.47 Å². The zero-order chi connectivity index (χ0) is 24.4. The van der Waals surface area contributed by atoms with Crippen LogP contribution in [0.1, 0.15) is 47.7 Å². The van der Waals surface area contributed by atoms with Crippen molar-refractivity contribution in [3.8, 4) is 11.5 Å². The van der Waals surface area contributed by atoms with E-state index >= 15 is 0 Å². The summed E-state index contributed by atoms with van der Waals surface area (Å²) in [6.45, 7) is 2.75. The molecule has 0 aliphatic carbocycles. The van der Waals surface area contributed by atoms with Crippen LogP contribution in [0.3, 0.4) is 0 Å². The Labute approximate surface area is 206 Å². The maximum atomic E-state index is 13.2. The molecule has 1 N–H and O–H groups in total. The first-order valence-corrected chi connectivity index (χ1v) is 12.4. The molecule has 2 aromatic carbocycles. The van der Waals surface area contributed by atoms with Crippen molar-refractivity contribution in [2.45, 2.75) is 31.6 Å². The van der Waals surface area contributed by atoms with Gasteiger partial charge in [0.05, 0.1) is 14.2 Å². The minimum atomic E-state index is -0.0488. The highest BCUT2D eigenvalue weighted by atomic mass is 16.5. The Morgan fingerprint density at radius 1 is 0.829 bits per heavy atom. The van der Waals surface area contributed by atoms with Gasteiger partial charge in [-0.15, -0.1) is 0 Å². The molecule has 1 aromatic heterocycles. The van der Waals surface area contributed by atoms with Crippen LogP contribution in [0.15, 0.2) is 48.5 Å². The highest BCUT2D eigenvalue weighted by molar-refractivity contribution is 5.95. The number of benzene rings is 2. The molecule has 0 radical (unpaired) electrons. The van der Waals surface area contributed by atoms with E-state index in [0.29, 0.717) is 48.9 Å². The Balaban J connectivity index is 1.14. The largest absolute Gasteiger partial charge is 0.497 e. The Morgan fingerprint density at radius 2 is 1.46 bits per heavy atom. The fourth-order valence-electron chi connectivity index (χ4n) is 5.43. The number of nitrogens with one attached hydrogen (secondary N) is 1. The highest BCUT2D eigenvalue weighted by Crippen LogP contribution is 2.32. The normalized spacial score (nSPS) is 17.5. The number of hydrogen-bond acceptors (Lipinski definition) is 4. The van der Waals surface area contributed by atoms with E-state index in [1.807, 2.05) is 9.80 Å². The molecule has 5 rings (SSSR count). The van der Waals surface area contributed by atoms with Crippen molar-refractivity contribution in [3.63, 3.8) is 0 Å². The van der Waals surface area contributed by atoms with E-state index in [9.17, 15) is 9.59 Å². The van der Waals surface area contributed by atoms with Gasteiger partial charge in [0.1, 0.15) is 11.5 Å². The van der Waals surface area contributed by atoms with Crippen LogP contribution in [0.2, 0.25) is 0 Å². The van der Waals surface area contributed by atoms with Crippen LogP contribution >= 0.6 is 0 Å². The summed E-state index contributed by atoms with van der Waals surface area (Å²) in [5, 5.41) is 1.25. The van der Waals surface area contributed by atoms with Gasteiger partial charge in [-0.25, -0.2) is 0 Å². The number of ether oxygens (including phenoxy) is 2. The van der Waals surface area contributed by atoms with Gasteiger partial charge >= 0.3 is 0 Å². The molecular weight excluding hydrogens is 442 g/mol. The van der Waals surface area contributed by atoms with Crippen LogP contribution in [0.4, 0.5) is 0 Å². The maximum Gasteiger partial charge on any atom is 0.254 e. The number of H-pyrrole nitrogens is 1. The second kappa shape index (κ2) is 10.0. The molecule has 0 spiro atoms. The number of para-hydroxylation sites is 1. The Bertz CT molecular complexity index is 1150. The molecule has 35 heavy (non-hydrogen) atoms. The quantitative estimate of drug-likeness (QED) is 0.592. The molecule has 0 saturated carbocycles. The van der Waals surface area contributed by atoms with Gasteiger partial charge in [-0.3, -0.25) is 9.59 Å². The van der Waals surface area contributed by atoms with E-state index in [0.717, 1.165) is 25.9 Å². The first-order chi connectivity index (χ1) is 17.1. The molecule has 2 aliphatic heterocycles. The maximum absolute atomic E-state index is 13.2. The van der Waals surface area contributed by atoms with Gasteiger partial charge in [0.15, 0.2) is 0 Å².